The fourth-order valence-corrected chi connectivity index (χ4v) is 17.6. The Morgan fingerprint density at radius 1 is 0.190 bits per heavy atom. The van der Waals surface area contributed by atoms with Gasteiger partial charge >= 0.3 is 0 Å². The highest BCUT2D eigenvalue weighted by molar-refractivity contribution is 6.15. The van der Waals surface area contributed by atoms with E-state index in [1.165, 1.54) is 88.1 Å². The molecule has 15 aromatic carbocycles. The van der Waals surface area contributed by atoms with Crippen molar-refractivity contribution in [2.24, 2.45) is 0 Å². The number of para-hydroxylation sites is 2. The molecule has 0 N–H and O–H groups in total. The molecule has 6 heteroatoms. The van der Waals surface area contributed by atoms with Crippen molar-refractivity contribution in [3.63, 3.8) is 0 Å². The highest BCUT2D eigenvalue weighted by atomic mass is 15.0. The van der Waals surface area contributed by atoms with Crippen LogP contribution in [0.1, 0.15) is 49.9 Å². The van der Waals surface area contributed by atoms with E-state index in [4.69, 9.17) is 15.0 Å². The third kappa shape index (κ3) is 9.46. The first-order chi connectivity index (χ1) is 51.5. The molecule has 105 heavy (non-hydrogen) atoms. The van der Waals surface area contributed by atoms with Gasteiger partial charge in [0.25, 0.3) is 0 Å². The van der Waals surface area contributed by atoms with Gasteiger partial charge in [0.15, 0.2) is 17.5 Å². The second-order valence-corrected chi connectivity index (χ2v) is 29.5. The average Bonchev–Trinajstić information content (AvgIpc) is 1.58. The summed E-state index contributed by atoms with van der Waals surface area (Å²) in [5.41, 5.74) is 32.5. The molecule has 4 aromatic heterocycles. The van der Waals surface area contributed by atoms with Gasteiger partial charge in [-0.15, -0.1) is 0 Å². The minimum Gasteiger partial charge on any atom is -0.309 e. The Bertz CT molecular complexity index is 6420. The summed E-state index contributed by atoms with van der Waals surface area (Å²) >= 11 is 0. The molecule has 2 aliphatic rings. The van der Waals surface area contributed by atoms with Gasteiger partial charge in [0, 0.05) is 76.9 Å². The van der Waals surface area contributed by atoms with E-state index in [1.54, 1.807) is 0 Å². The largest absolute Gasteiger partial charge is 0.309 e. The van der Waals surface area contributed by atoms with Crippen LogP contribution in [-0.2, 0) is 10.8 Å². The summed E-state index contributed by atoms with van der Waals surface area (Å²) in [7, 11) is 0. The zero-order valence-corrected chi connectivity index (χ0v) is 58.5. The lowest BCUT2D eigenvalue weighted by Gasteiger charge is -2.22. The van der Waals surface area contributed by atoms with E-state index in [2.05, 4.69) is 381 Å². The Hall–Kier alpha value is -13.3. The lowest BCUT2D eigenvalue weighted by molar-refractivity contribution is 0.660. The van der Waals surface area contributed by atoms with Crippen LogP contribution in [0.15, 0.2) is 340 Å². The predicted octanol–water partition coefficient (Wildman–Crippen LogP) is 25.4. The van der Waals surface area contributed by atoms with Crippen molar-refractivity contribution in [2.75, 3.05) is 0 Å². The number of benzene rings is 15. The van der Waals surface area contributed by atoms with Gasteiger partial charge in [-0.25, -0.2) is 15.0 Å². The molecule has 0 bridgehead atoms. The number of hydrogen-bond donors (Lipinski definition) is 0. The third-order valence-corrected chi connectivity index (χ3v) is 22.9. The van der Waals surface area contributed by atoms with E-state index in [-0.39, 0.29) is 10.8 Å². The monoisotopic (exact) mass is 1340 g/mol. The number of hydrogen-bond acceptors (Lipinski definition) is 3. The SMILES string of the molecule is CC1(C)c2ccccc2-c2ccc(-n3c4ccccc4c4ccc(-c5ccc6c(c5)c5cc(-c7ccc8c9ccccc9n(-c9ccc%10c(c9)C(C)(C)c9ccccc9-%10)c8c7)ccc5n6-c5cccc(-c6nc(-c7ccc(-c8ccccc8)cc7)nc(-c7ccc(-c8ccccc8)cc7)n6)c5)cc43)cc21. The van der Waals surface area contributed by atoms with E-state index < -0.39 is 0 Å². The van der Waals surface area contributed by atoms with Crippen LogP contribution in [0.4, 0.5) is 0 Å². The van der Waals surface area contributed by atoms with Crippen LogP contribution >= 0.6 is 0 Å². The predicted molar refractivity (Wildman–Crippen MR) is 436 cm³/mol. The molecule has 0 amide bonds. The Morgan fingerprint density at radius 3 is 0.990 bits per heavy atom. The van der Waals surface area contributed by atoms with Crippen LogP contribution in [0.3, 0.4) is 0 Å². The lowest BCUT2D eigenvalue weighted by Crippen LogP contribution is -2.15. The van der Waals surface area contributed by atoms with Gasteiger partial charge in [-0.05, 0) is 174 Å². The first-order valence-corrected chi connectivity index (χ1v) is 36.4. The van der Waals surface area contributed by atoms with Crippen LogP contribution in [-0.4, -0.2) is 28.7 Å². The third-order valence-electron chi connectivity index (χ3n) is 22.9. The van der Waals surface area contributed by atoms with Crippen molar-refractivity contribution >= 4 is 65.4 Å². The molecule has 4 heterocycles. The lowest BCUT2D eigenvalue weighted by atomic mass is 9.82. The molecule has 0 saturated heterocycles. The zero-order valence-electron chi connectivity index (χ0n) is 58.5. The van der Waals surface area contributed by atoms with E-state index in [0.717, 1.165) is 100 Å². The number of fused-ring (bicyclic) bond motifs is 15. The van der Waals surface area contributed by atoms with Gasteiger partial charge in [-0.1, -0.05) is 282 Å². The standard InChI is InChI=1S/C99H68N6/c1-98(2)85-30-15-11-26-75(85)77-50-46-73(59-87(77)98)104-89-32-17-13-28-79(89)81-48-42-69(57-93(81)104)67-44-52-91-83(55-67)84-56-68(70-43-49-82-80-29-14-18-33-90(80)105(94(82)58-70)74-47-51-78-76-27-12-16-31-86(76)99(3,4)88(78)60-74)45-53-92(84)103(91)72-25-19-24-71(54-72)97-101-95(65-38-34-63(35-39-65)61-20-7-5-8-21-61)100-96(102-97)66-40-36-64(37-41-66)62-22-9-6-10-23-62/h5-60H,1-4H3. The average molecular weight is 1340 g/mol. The second kappa shape index (κ2) is 23.1. The van der Waals surface area contributed by atoms with Crippen LogP contribution in [0.5, 0.6) is 0 Å². The van der Waals surface area contributed by atoms with Crippen LogP contribution in [0, 0.1) is 0 Å². The summed E-state index contributed by atoms with van der Waals surface area (Å²) in [6, 6.07) is 125. The molecule has 494 valence electrons. The molecule has 0 unspecified atom stereocenters. The normalized spacial score (nSPS) is 13.3. The smallest absolute Gasteiger partial charge is 0.164 e. The Kier molecular flexibility index (Phi) is 13.3. The summed E-state index contributed by atoms with van der Waals surface area (Å²) in [6.07, 6.45) is 0. The van der Waals surface area contributed by atoms with Crippen LogP contribution in [0.2, 0.25) is 0 Å². The fraction of sp³-hybridized carbons (Fsp3) is 0.0606. The van der Waals surface area contributed by atoms with Crippen molar-refractivity contribution in [1.82, 2.24) is 28.7 Å². The van der Waals surface area contributed by atoms with Gasteiger partial charge < -0.3 is 13.7 Å². The number of nitrogens with zero attached hydrogens (tertiary/aromatic N) is 6. The summed E-state index contributed by atoms with van der Waals surface area (Å²) in [5.74, 6) is 1.79. The van der Waals surface area contributed by atoms with Crippen molar-refractivity contribution < 1.29 is 0 Å². The van der Waals surface area contributed by atoms with E-state index in [0.29, 0.717) is 17.5 Å². The Morgan fingerprint density at radius 2 is 0.514 bits per heavy atom. The molecular formula is C99H68N6. The Labute approximate surface area is 608 Å². The highest BCUT2D eigenvalue weighted by Crippen LogP contribution is 2.52. The van der Waals surface area contributed by atoms with Crippen molar-refractivity contribution in [2.45, 2.75) is 38.5 Å². The minimum atomic E-state index is -0.143. The molecule has 0 atom stereocenters. The van der Waals surface area contributed by atoms with Crippen LogP contribution < -0.4 is 0 Å². The van der Waals surface area contributed by atoms with E-state index in [1.807, 2.05) is 0 Å². The summed E-state index contributed by atoms with van der Waals surface area (Å²) in [4.78, 5) is 15.9. The van der Waals surface area contributed by atoms with Gasteiger partial charge in [0.05, 0.1) is 33.1 Å². The minimum absolute atomic E-state index is 0.143. The van der Waals surface area contributed by atoms with Gasteiger partial charge in [0.1, 0.15) is 0 Å². The van der Waals surface area contributed by atoms with Crippen molar-refractivity contribution in [3.8, 4) is 118 Å². The van der Waals surface area contributed by atoms with Crippen LogP contribution in [0.25, 0.3) is 183 Å². The quantitative estimate of drug-likeness (QED) is 0.137. The molecule has 2 aliphatic carbocycles. The topological polar surface area (TPSA) is 53.5 Å². The molecular weight excluding hydrogens is 1270 g/mol. The second-order valence-electron chi connectivity index (χ2n) is 29.5. The van der Waals surface area contributed by atoms with E-state index >= 15 is 0 Å². The maximum atomic E-state index is 5.35. The zero-order chi connectivity index (χ0) is 69.8. The molecule has 19 aromatic rings. The first kappa shape index (κ1) is 60.5. The maximum absolute atomic E-state index is 5.35. The number of aromatic nitrogens is 6. The molecule has 6 nitrogen and oxygen atoms in total. The molecule has 0 aliphatic heterocycles. The molecule has 21 rings (SSSR count). The van der Waals surface area contributed by atoms with Crippen molar-refractivity contribution in [1.29, 1.82) is 0 Å². The summed E-state index contributed by atoms with van der Waals surface area (Å²) in [6.45, 7) is 9.47. The fourth-order valence-electron chi connectivity index (χ4n) is 17.6. The Balaban J connectivity index is 0.735. The molecule has 0 spiro atoms. The first-order valence-electron chi connectivity index (χ1n) is 36.4. The number of rotatable bonds is 10. The van der Waals surface area contributed by atoms with E-state index in [9.17, 15) is 0 Å². The maximum Gasteiger partial charge on any atom is 0.164 e. The van der Waals surface area contributed by atoms with Gasteiger partial charge in [-0.3, -0.25) is 0 Å². The molecule has 0 fully saturated rings. The summed E-state index contributed by atoms with van der Waals surface area (Å²) < 4.78 is 7.40. The highest BCUT2D eigenvalue weighted by Gasteiger charge is 2.37. The molecule has 0 radical (unpaired) electrons. The van der Waals surface area contributed by atoms with Gasteiger partial charge in [-0.2, -0.15) is 0 Å². The van der Waals surface area contributed by atoms with Gasteiger partial charge in [0.2, 0.25) is 0 Å². The van der Waals surface area contributed by atoms with Crippen molar-refractivity contribution in [3.05, 3.63) is 362 Å². The molecule has 0 saturated carbocycles. The summed E-state index contributed by atoms with van der Waals surface area (Å²) in [5, 5.41) is 7.21.